The predicted molar refractivity (Wildman–Crippen MR) is 70.3 cm³/mol. The Bertz CT molecular complexity index is 378. The predicted octanol–water partition coefficient (Wildman–Crippen LogP) is 1.59. The van der Waals surface area contributed by atoms with E-state index in [1.807, 2.05) is 0 Å². The Morgan fingerprint density at radius 1 is 0.905 bits per heavy atom. The van der Waals surface area contributed by atoms with Gasteiger partial charge in [0.05, 0.1) is 11.8 Å². The Kier molecular flexibility index (Phi) is 6.84. The van der Waals surface area contributed by atoms with Crippen molar-refractivity contribution in [1.82, 2.24) is 0 Å². The van der Waals surface area contributed by atoms with Crippen molar-refractivity contribution in [2.75, 3.05) is 0 Å². The molecule has 0 aromatic heterocycles. The molecule has 1 aliphatic heterocycles. The first kappa shape index (κ1) is 17.1. The topological polar surface area (TPSA) is 118 Å². The van der Waals surface area contributed by atoms with Crippen LogP contribution in [0, 0.1) is 11.8 Å². The zero-order valence-corrected chi connectivity index (χ0v) is 11.7. The fraction of sp³-hybridized carbons (Fsp3) is 0.714. The van der Waals surface area contributed by atoms with Crippen LogP contribution in [0.4, 0.5) is 0 Å². The van der Waals surface area contributed by atoms with E-state index in [2.05, 4.69) is 4.74 Å². The second-order valence-electron chi connectivity index (χ2n) is 5.23. The maximum Gasteiger partial charge on any atom is 0.317 e. The van der Waals surface area contributed by atoms with Gasteiger partial charge >= 0.3 is 23.9 Å². The van der Waals surface area contributed by atoms with Crippen molar-refractivity contribution in [2.45, 2.75) is 51.4 Å². The molecule has 21 heavy (non-hydrogen) atoms. The summed E-state index contributed by atoms with van der Waals surface area (Å²) < 4.78 is 4.53. The summed E-state index contributed by atoms with van der Waals surface area (Å²) in [5.41, 5.74) is 0. The average Bonchev–Trinajstić information content (AvgIpc) is 2.71. The van der Waals surface area contributed by atoms with Gasteiger partial charge in [0.25, 0.3) is 0 Å². The first-order valence-electron chi connectivity index (χ1n) is 7.11. The number of carbonyl (C=O) groups excluding carboxylic acids is 2. The van der Waals surface area contributed by atoms with E-state index in [0.29, 0.717) is 12.8 Å². The minimum Gasteiger partial charge on any atom is -0.481 e. The largest absolute Gasteiger partial charge is 0.481 e. The molecule has 1 saturated heterocycles. The molecule has 2 fully saturated rings. The number of hydrogen-bond donors (Lipinski definition) is 2. The van der Waals surface area contributed by atoms with E-state index in [0.717, 1.165) is 25.7 Å². The van der Waals surface area contributed by atoms with Crippen LogP contribution in [0.5, 0.6) is 0 Å². The summed E-state index contributed by atoms with van der Waals surface area (Å²) >= 11 is 0. The van der Waals surface area contributed by atoms with Crippen molar-refractivity contribution in [1.29, 1.82) is 0 Å². The van der Waals surface area contributed by atoms with Gasteiger partial charge in [-0.15, -0.1) is 0 Å². The SMILES string of the molecule is O=C(O)CCCCC(=O)O.O=C1OC(=O)C2CCCCC12. The molecule has 0 bridgehead atoms. The van der Waals surface area contributed by atoms with Crippen molar-refractivity contribution in [3.8, 4) is 0 Å². The van der Waals surface area contributed by atoms with Crippen molar-refractivity contribution in [2.24, 2.45) is 11.8 Å². The van der Waals surface area contributed by atoms with Crippen LogP contribution >= 0.6 is 0 Å². The van der Waals surface area contributed by atoms with Gasteiger partial charge in [0, 0.05) is 12.8 Å². The Morgan fingerprint density at radius 2 is 1.29 bits per heavy atom. The molecule has 1 heterocycles. The third-order valence-electron chi connectivity index (χ3n) is 3.60. The van der Waals surface area contributed by atoms with Gasteiger partial charge in [0.1, 0.15) is 0 Å². The van der Waals surface area contributed by atoms with Crippen molar-refractivity contribution >= 4 is 23.9 Å². The van der Waals surface area contributed by atoms with Crippen LogP contribution in [0.3, 0.4) is 0 Å². The van der Waals surface area contributed by atoms with Gasteiger partial charge in [-0.2, -0.15) is 0 Å². The minimum atomic E-state index is -0.870. The normalized spacial score (nSPS) is 23.6. The summed E-state index contributed by atoms with van der Waals surface area (Å²) in [6.45, 7) is 0. The van der Waals surface area contributed by atoms with Gasteiger partial charge in [0.2, 0.25) is 0 Å². The molecule has 118 valence electrons. The molecule has 2 rings (SSSR count). The number of rotatable bonds is 5. The minimum absolute atomic E-state index is 0.0628. The molecule has 2 N–H and O–H groups in total. The number of carboxylic acids is 2. The molecule has 2 aliphatic rings. The van der Waals surface area contributed by atoms with Gasteiger partial charge < -0.3 is 14.9 Å². The third-order valence-corrected chi connectivity index (χ3v) is 3.60. The number of unbranched alkanes of at least 4 members (excludes halogenated alkanes) is 1. The van der Waals surface area contributed by atoms with Crippen LogP contribution in [0.2, 0.25) is 0 Å². The Balaban J connectivity index is 0.000000212. The summed E-state index contributed by atoms with van der Waals surface area (Å²) in [6.07, 6.45) is 4.82. The van der Waals surface area contributed by atoms with E-state index >= 15 is 0 Å². The van der Waals surface area contributed by atoms with Crippen molar-refractivity contribution in [3.05, 3.63) is 0 Å². The first-order valence-corrected chi connectivity index (χ1v) is 7.11. The molecule has 0 amide bonds. The van der Waals surface area contributed by atoms with Crippen LogP contribution in [-0.4, -0.2) is 34.1 Å². The lowest BCUT2D eigenvalue weighted by molar-refractivity contribution is -0.154. The average molecular weight is 300 g/mol. The smallest absolute Gasteiger partial charge is 0.317 e. The highest BCUT2D eigenvalue weighted by Crippen LogP contribution is 2.36. The zero-order valence-electron chi connectivity index (χ0n) is 11.7. The zero-order chi connectivity index (χ0) is 15.8. The summed E-state index contributed by atoms with van der Waals surface area (Å²) in [7, 11) is 0. The first-order chi connectivity index (χ1) is 9.91. The lowest BCUT2D eigenvalue weighted by Gasteiger charge is -2.18. The van der Waals surface area contributed by atoms with Crippen molar-refractivity contribution in [3.63, 3.8) is 0 Å². The molecule has 1 aliphatic carbocycles. The fourth-order valence-electron chi connectivity index (χ4n) is 2.50. The van der Waals surface area contributed by atoms with Gasteiger partial charge in [0.15, 0.2) is 0 Å². The number of hydrogen-bond acceptors (Lipinski definition) is 5. The maximum absolute atomic E-state index is 11.0. The van der Waals surface area contributed by atoms with Crippen LogP contribution in [0.25, 0.3) is 0 Å². The fourth-order valence-corrected chi connectivity index (χ4v) is 2.50. The quantitative estimate of drug-likeness (QED) is 0.449. The van der Waals surface area contributed by atoms with Crippen LogP contribution in [0.15, 0.2) is 0 Å². The highest BCUT2D eigenvalue weighted by molar-refractivity contribution is 5.96. The van der Waals surface area contributed by atoms with E-state index < -0.39 is 11.9 Å². The van der Waals surface area contributed by atoms with E-state index in [1.165, 1.54) is 0 Å². The van der Waals surface area contributed by atoms with Gasteiger partial charge in [-0.3, -0.25) is 19.2 Å². The van der Waals surface area contributed by atoms with Gasteiger partial charge in [-0.05, 0) is 25.7 Å². The van der Waals surface area contributed by atoms with E-state index in [1.54, 1.807) is 0 Å². The third kappa shape index (κ3) is 5.93. The van der Waals surface area contributed by atoms with Crippen molar-refractivity contribution < 1.29 is 34.1 Å². The molecule has 0 aromatic rings. The number of fused-ring (bicyclic) bond motifs is 1. The van der Waals surface area contributed by atoms with Gasteiger partial charge in [-0.25, -0.2) is 0 Å². The molecule has 0 aromatic carbocycles. The molecule has 7 heteroatoms. The monoisotopic (exact) mass is 300 g/mol. The van der Waals surface area contributed by atoms with E-state index in [9.17, 15) is 19.2 Å². The lowest BCUT2D eigenvalue weighted by Crippen LogP contribution is -2.21. The molecule has 0 spiro atoms. The number of cyclic esters (lactones) is 2. The van der Waals surface area contributed by atoms with Crippen LogP contribution in [-0.2, 0) is 23.9 Å². The number of carbonyl (C=O) groups is 4. The maximum atomic E-state index is 11.0. The number of ether oxygens (including phenoxy) is 1. The molecule has 1 saturated carbocycles. The van der Waals surface area contributed by atoms with Crippen LogP contribution < -0.4 is 0 Å². The second-order valence-corrected chi connectivity index (χ2v) is 5.23. The number of aliphatic carboxylic acids is 2. The Labute approximate surface area is 122 Å². The lowest BCUT2D eigenvalue weighted by atomic mass is 9.81. The number of carboxylic acid groups (broad SMARTS) is 2. The Morgan fingerprint density at radius 3 is 1.62 bits per heavy atom. The molecule has 0 radical (unpaired) electrons. The Hall–Kier alpha value is -1.92. The molecule has 7 nitrogen and oxygen atoms in total. The van der Waals surface area contributed by atoms with Gasteiger partial charge in [-0.1, -0.05) is 12.8 Å². The van der Waals surface area contributed by atoms with E-state index in [-0.39, 0.29) is 36.6 Å². The van der Waals surface area contributed by atoms with E-state index in [4.69, 9.17) is 10.2 Å². The molecule has 2 atom stereocenters. The highest BCUT2D eigenvalue weighted by atomic mass is 16.6. The molecular formula is C14H20O7. The summed E-state index contributed by atoms with van der Waals surface area (Å²) in [5.74, 6) is -2.53. The number of esters is 2. The standard InChI is InChI=1S/C8H10O3.C6H10O4/c9-7-5-3-1-2-4-6(5)8(10)11-7;7-5(8)3-1-2-4-6(9)10/h5-6H,1-4H2;1-4H2,(H,7,8)(H,9,10). The summed E-state index contributed by atoms with van der Waals surface area (Å²) in [5, 5.41) is 16.3. The van der Waals surface area contributed by atoms with Crippen LogP contribution in [0.1, 0.15) is 51.4 Å². The second kappa shape index (κ2) is 8.39. The molecular weight excluding hydrogens is 280 g/mol. The summed E-state index contributed by atoms with van der Waals surface area (Å²) in [4.78, 5) is 41.7. The summed E-state index contributed by atoms with van der Waals surface area (Å²) in [6, 6.07) is 0. The molecule has 2 unspecified atom stereocenters. The highest BCUT2D eigenvalue weighted by Gasteiger charge is 2.44.